The van der Waals surface area contributed by atoms with Crippen molar-refractivity contribution in [2.24, 2.45) is 11.7 Å². The van der Waals surface area contributed by atoms with Gasteiger partial charge < -0.3 is 11.1 Å². The molecule has 4 nitrogen and oxygen atoms in total. The average Bonchev–Trinajstić information content (AvgIpc) is 2.71. The summed E-state index contributed by atoms with van der Waals surface area (Å²) in [4.78, 5) is 13.5. The van der Waals surface area contributed by atoms with Crippen molar-refractivity contribution in [1.82, 2.24) is 10.2 Å². The molecule has 96 valence electrons. The van der Waals surface area contributed by atoms with Gasteiger partial charge in [0.2, 0.25) is 5.91 Å². The topological polar surface area (TPSA) is 58.4 Å². The largest absolute Gasteiger partial charge is 0.369 e. The highest BCUT2D eigenvalue weighted by molar-refractivity contribution is 5.85. The van der Waals surface area contributed by atoms with E-state index in [1.54, 1.807) is 0 Å². The van der Waals surface area contributed by atoms with Crippen LogP contribution in [0.3, 0.4) is 0 Å². The number of likely N-dealkylation sites (tertiary alicyclic amines) is 1. The molecule has 1 amide bonds. The number of hydrogen-bond donors (Lipinski definition) is 2. The molecule has 2 heterocycles. The van der Waals surface area contributed by atoms with Crippen LogP contribution in [0.2, 0.25) is 0 Å². The lowest BCUT2D eigenvalue weighted by atomic mass is 9.95. The number of nitrogens with one attached hydrogen (secondary N) is 1. The highest BCUT2D eigenvalue weighted by atomic mass is 35.5. The van der Waals surface area contributed by atoms with E-state index in [2.05, 4.69) is 10.2 Å². The Morgan fingerprint density at radius 1 is 1.19 bits per heavy atom. The number of amides is 1. The van der Waals surface area contributed by atoms with Gasteiger partial charge in [0, 0.05) is 18.5 Å². The first kappa shape index (κ1) is 16.0. The molecule has 2 aliphatic heterocycles. The van der Waals surface area contributed by atoms with Gasteiger partial charge in [0.15, 0.2) is 0 Å². The van der Waals surface area contributed by atoms with Crippen molar-refractivity contribution in [3.05, 3.63) is 0 Å². The Kier molecular flexibility index (Phi) is 7.31. The second-order valence-electron chi connectivity index (χ2n) is 4.36. The van der Waals surface area contributed by atoms with Crippen molar-refractivity contribution in [3.63, 3.8) is 0 Å². The molecule has 16 heavy (non-hydrogen) atoms. The van der Waals surface area contributed by atoms with Gasteiger partial charge in [-0.15, -0.1) is 24.8 Å². The molecule has 0 radical (unpaired) electrons. The second kappa shape index (κ2) is 7.33. The third-order valence-electron chi connectivity index (χ3n) is 3.48. The minimum atomic E-state index is -0.116. The van der Waals surface area contributed by atoms with Crippen molar-refractivity contribution in [1.29, 1.82) is 0 Å². The summed E-state index contributed by atoms with van der Waals surface area (Å²) in [6.45, 7) is 4.33. The first-order chi connectivity index (χ1) is 6.77. The molecule has 2 fully saturated rings. The molecule has 0 aromatic rings. The van der Waals surface area contributed by atoms with Crippen LogP contribution in [-0.4, -0.2) is 43.0 Å². The normalized spacial score (nSPS) is 26.9. The summed E-state index contributed by atoms with van der Waals surface area (Å²) in [5.74, 6) is 0.00908. The number of piperidine rings is 1. The third-order valence-corrected chi connectivity index (χ3v) is 3.48. The quantitative estimate of drug-likeness (QED) is 0.763. The molecule has 2 saturated heterocycles. The number of nitrogens with two attached hydrogens (primary N) is 1. The highest BCUT2D eigenvalue weighted by Crippen LogP contribution is 2.20. The van der Waals surface area contributed by atoms with Gasteiger partial charge in [-0.2, -0.15) is 0 Å². The number of halogens is 2. The van der Waals surface area contributed by atoms with Crippen molar-refractivity contribution in [3.8, 4) is 0 Å². The zero-order valence-electron chi connectivity index (χ0n) is 9.35. The zero-order valence-corrected chi connectivity index (χ0v) is 11.0. The molecular formula is C10H21Cl2N3O. The van der Waals surface area contributed by atoms with Crippen LogP contribution in [0.1, 0.15) is 19.3 Å². The maximum atomic E-state index is 11.0. The Hall–Kier alpha value is -0.0300. The molecule has 2 rings (SSSR count). The first-order valence-electron chi connectivity index (χ1n) is 5.51. The third kappa shape index (κ3) is 3.77. The van der Waals surface area contributed by atoms with Gasteiger partial charge in [0.05, 0.1) is 0 Å². The van der Waals surface area contributed by atoms with Crippen LogP contribution in [0, 0.1) is 5.92 Å². The predicted octanol–water partition coefficient (Wildman–Crippen LogP) is 0.389. The molecule has 1 unspecified atom stereocenters. The molecule has 0 saturated carbocycles. The van der Waals surface area contributed by atoms with Crippen LogP contribution in [-0.2, 0) is 4.79 Å². The summed E-state index contributed by atoms with van der Waals surface area (Å²) in [5.41, 5.74) is 5.30. The van der Waals surface area contributed by atoms with Gasteiger partial charge >= 0.3 is 0 Å². The molecule has 3 N–H and O–H groups in total. The number of hydrogen-bond acceptors (Lipinski definition) is 3. The molecule has 0 aromatic carbocycles. The van der Waals surface area contributed by atoms with Crippen LogP contribution < -0.4 is 11.1 Å². The van der Waals surface area contributed by atoms with Gasteiger partial charge in [0.1, 0.15) is 0 Å². The van der Waals surface area contributed by atoms with E-state index in [1.807, 2.05) is 0 Å². The van der Waals surface area contributed by atoms with Crippen molar-refractivity contribution >= 4 is 30.7 Å². The molecule has 6 heteroatoms. The van der Waals surface area contributed by atoms with Crippen LogP contribution in [0.5, 0.6) is 0 Å². The Balaban J connectivity index is 0.00000112. The lowest BCUT2D eigenvalue weighted by molar-refractivity contribution is -0.123. The van der Waals surface area contributed by atoms with Crippen LogP contribution in [0.4, 0.5) is 0 Å². The first-order valence-corrected chi connectivity index (χ1v) is 5.51. The highest BCUT2D eigenvalue weighted by Gasteiger charge is 2.28. The minimum absolute atomic E-state index is 0. The molecule has 0 bridgehead atoms. The Morgan fingerprint density at radius 2 is 1.81 bits per heavy atom. The molecular weight excluding hydrogens is 249 g/mol. The second-order valence-corrected chi connectivity index (χ2v) is 4.36. The summed E-state index contributed by atoms with van der Waals surface area (Å²) in [6, 6.07) is 0.698. The number of carbonyl (C=O) groups excluding carboxylic acids is 1. The van der Waals surface area contributed by atoms with Crippen molar-refractivity contribution in [2.45, 2.75) is 25.3 Å². The van der Waals surface area contributed by atoms with Crippen LogP contribution in [0.15, 0.2) is 0 Å². The van der Waals surface area contributed by atoms with Gasteiger partial charge in [0.25, 0.3) is 0 Å². The summed E-state index contributed by atoms with van der Waals surface area (Å²) >= 11 is 0. The molecule has 0 aromatic heterocycles. The van der Waals surface area contributed by atoms with E-state index in [0.717, 1.165) is 39.0 Å². The van der Waals surface area contributed by atoms with E-state index in [0.29, 0.717) is 6.04 Å². The number of nitrogens with zero attached hydrogens (tertiary/aromatic N) is 1. The fourth-order valence-corrected chi connectivity index (χ4v) is 2.50. The zero-order chi connectivity index (χ0) is 9.97. The SMILES string of the molecule is Cl.Cl.NC(=O)C1CCN(C2CCNC2)CC1. The molecule has 0 aliphatic carbocycles. The van der Waals surface area contributed by atoms with E-state index in [1.165, 1.54) is 6.42 Å². The molecule has 1 atom stereocenters. The minimum Gasteiger partial charge on any atom is -0.369 e. The van der Waals surface area contributed by atoms with Gasteiger partial charge in [-0.1, -0.05) is 0 Å². The summed E-state index contributed by atoms with van der Waals surface area (Å²) in [6.07, 6.45) is 3.15. The predicted molar refractivity (Wildman–Crippen MR) is 69.3 cm³/mol. The lowest BCUT2D eigenvalue weighted by Crippen LogP contribution is -2.44. The molecule has 2 aliphatic rings. The summed E-state index contributed by atoms with van der Waals surface area (Å²) < 4.78 is 0. The van der Waals surface area contributed by atoms with Crippen LogP contribution >= 0.6 is 24.8 Å². The fourth-order valence-electron chi connectivity index (χ4n) is 2.50. The standard InChI is InChI=1S/C10H19N3O.2ClH/c11-10(14)8-2-5-13(6-3-8)9-1-4-12-7-9;;/h8-9,12H,1-7H2,(H2,11,14);2*1H. The van der Waals surface area contributed by atoms with Gasteiger partial charge in [-0.3, -0.25) is 9.69 Å². The monoisotopic (exact) mass is 269 g/mol. The fraction of sp³-hybridized carbons (Fsp3) is 0.900. The summed E-state index contributed by atoms with van der Waals surface area (Å²) in [5, 5.41) is 3.37. The number of rotatable bonds is 2. The molecule has 0 spiro atoms. The number of carbonyl (C=O) groups is 1. The van der Waals surface area contributed by atoms with Crippen molar-refractivity contribution < 1.29 is 4.79 Å². The smallest absolute Gasteiger partial charge is 0.220 e. The Morgan fingerprint density at radius 3 is 2.25 bits per heavy atom. The van der Waals surface area contributed by atoms with Crippen molar-refractivity contribution in [2.75, 3.05) is 26.2 Å². The Labute approximate surface area is 109 Å². The van der Waals surface area contributed by atoms with E-state index in [-0.39, 0.29) is 36.6 Å². The van der Waals surface area contributed by atoms with Gasteiger partial charge in [-0.25, -0.2) is 0 Å². The van der Waals surface area contributed by atoms with E-state index >= 15 is 0 Å². The van der Waals surface area contributed by atoms with Crippen LogP contribution in [0.25, 0.3) is 0 Å². The Bertz CT molecular complexity index is 214. The average molecular weight is 270 g/mol. The van der Waals surface area contributed by atoms with E-state index in [4.69, 9.17) is 5.73 Å². The summed E-state index contributed by atoms with van der Waals surface area (Å²) in [7, 11) is 0. The van der Waals surface area contributed by atoms with E-state index < -0.39 is 0 Å². The number of primary amides is 1. The van der Waals surface area contributed by atoms with E-state index in [9.17, 15) is 4.79 Å². The maximum absolute atomic E-state index is 11.0. The maximum Gasteiger partial charge on any atom is 0.220 e. The van der Waals surface area contributed by atoms with Gasteiger partial charge in [-0.05, 0) is 38.9 Å². The lowest BCUT2D eigenvalue weighted by Gasteiger charge is -2.34.